The molecule has 0 unspecified atom stereocenters. The molecule has 1 aliphatic heterocycles. The number of benzene rings is 3. The molecule has 0 radical (unpaired) electrons. The standard InChI is InChI=1S/C28H24N4O4S/c29-19-20-6-10-23(11-7-20)28(34)14-17-32(18-15-28)27(33)22-8-12-24(13-9-22)31-37(35,36)25-5-1-3-21-4-2-16-30-26(21)25/h1-13,16,31,34H,14-15,17-18H2. The number of likely N-dealkylation sites (tertiary alicyclic amines) is 1. The number of nitrogens with one attached hydrogen (secondary N) is 1. The monoisotopic (exact) mass is 512 g/mol. The summed E-state index contributed by atoms with van der Waals surface area (Å²) in [6.07, 6.45) is 2.30. The van der Waals surface area contributed by atoms with Crippen LogP contribution in [-0.2, 0) is 15.6 Å². The number of rotatable bonds is 5. The first-order valence-electron chi connectivity index (χ1n) is 11.8. The van der Waals surface area contributed by atoms with Gasteiger partial charge in [-0.3, -0.25) is 14.5 Å². The predicted molar refractivity (Wildman–Crippen MR) is 139 cm³/mol. The van der Waals surface area contributed by atoms with E-state index < -0.39 is 15.6 Å². The molecule has 1 fully saturated rings. The molecular formula is C28H24N4O4S. The third kappa shape index (κ3) is 4.89. The smallest absolute Gasteiger partial charge is 0.264 e. The van der Waals surface area contributed by atoms with Crippen LogP contribution in [0.15, 0.2) is 90.0 Å². The van der Waals surface area contributed by atoms with Crippen LogP contribution in [-0.4, -0.2) is 42.4 Å². The van der Waals surface area contributed by atoms with E-state index in [9.17, 15) is 18.3 Å². The number of amides is 1. The summed E-state index contributed by atoms with van der Waals surface area (Å²) in [5.41, 5.74) is 1.35. The maximum absolute atomic E-state index is 13.1. The Balaban J connectivity index is 1.26. The van der Waals surface area contributed by atoms with Gasteiger partial charge in [-0.2, -0.15) is 5.26 Å². The molecule has 2 N–H and O–H groups in total. The minimum Gasteiger partial charge on any atom is -0.385 e. The molecule has 5 rings (SSSR count). The number of anilines is 1. The van der Waals surface area contributed by atoms with Gasteiger partial charge in [-0.15, -0.1) is 0 Å². The quantitative estimate of drug-likeness (QED) is 0.416. The van der Waals surface area contributed by atoms with Gasteiger partial charge in [0.1, 0.15) is 4.90 Å². The average Bonchev–Trinajstić information content (AvgIpc) is 2.93. The molecule has 1 amide bonds. The molecule has 0 aliphatic carbocycles. The fraction of sp³-hybridized carbons (Fsp3) is 0.179. The molecule has 9 heteroatoms. The summed E-state index contributed by atoms with van der Waals surface area (Å²) in [6, 6.07) is 23.7. The van der Waals surface area contributed by atoms with Gasteiger partial charge in [-0.1, -0.05) is 30.3 Å². The highest BCUT2D eigenvalue weighted by molar-refractivity contribution is 7.93. The first-order chi connectivity index (χ1) is 17.8. The third-order valence-electron chi connectivity index (χ3n) is 6.70. The number of hydrogen-bond acceptors (Lipinski definition) is 6. The van der Waals surface area contributed by atoms with Crippen LogP contribution in [0, 0.1) is 11.3 Å². The first-order valence-corrected chi connectivity index (χ1v) is 13.3. The van der Waals surface area contributed by atoms with Gasteiger partial charge in [0.25, 0.3) is 15.9 Å². The van der Waals surface area contributed by atoms with Crippen molar-refractivity contribution in [2.45, 2.75) is 23.3 Å². The second-order valence-corrected chi connectivity index (χ2v) is 10.7. The van der Waals surface area contributed by atoms with Gasteiger partial charge >= 0.3 is 0 Å². The number of para-hydroxylation sites is 1. The maximum atomic E-state index is 13.1. The number of piperidine rings is 1. The van der Waals surface area contributed by atoms with Crippen LogP contribution in [0.2, 0.25) is 0 Å². The minimum atomic E-state index is -3.89. The van der Waals surface area contributed by atoms with Gasteiger partial charge < -0.3 is 10.0 Å². The molecule has 0 saturated carbocycles. The van der Waals surface area contributed by atoms with Crippen molar-refractivity contribution in [2.75, 3.05) is 17.8 Å². The highest BCUT2D eigenvalue weighted by Gasteiger charge is 2.35. The summed E-state index contributed by atoms with van der Waals surface area (Å²) in [7, 11) is -3.89. The molecule has 1 aliphatic rings. The second kappa shape index (κ2) is 9.65. The van der Waals surface area contributed by atoms with Crippen LogP contribution < -0.4 is 4.72 Å². The van der Waals surface area contributed by atoms with Gasteiger partial charge in [0.15, 0.2) is 0 Å². The number of hydrogen-bond donors (Lipinski definition) is 2. The van der Waals surface area contributed by atoms with Crippen LogP contribution in [0.5, 0.6) is 0 Å². The van der Waals surface area contributed by atoms with Crippen molar-refractivity contribution in [2.24, 2.45) is 0 Å². The highest BCUT2D eigenvalue weighted by atomic mass is 32.2. The number of carbonyl (C=O) groups is 1. The molecule has 0 bridgehead atoms. The number of nitriles is 1. The lowest BCUT2D eigenvalue weighted by Gasteiger charge is -2.38. The molecule has 0 spiro atoms. The largest absolute Gasteiger partial charge is 0.385 e. The Kier molecular flexibility index (Phi) is 6.38. The number of aromatic nitrogens is 1. The normalized spacial score (nSPS) is 15.2. The van der Waals surface area contributed by atoms with E-state index in [2.05, 4.69) is 15.8 Å². The SMILES string of the molecule is N#Cc1ccc(C2(O)CCN(C(=O)c3ccc(NS(=O)(=O)c4cccc5cccnc45)cc3)CC2)cc1. The fourth-order valence-electron chi connectivity index (χ4n) is 4.59. The van der Waals surface area contributed by atoms with E-state index in [1.54, 1.807) is 83.9 Å². The van der Waals surface area contributed by atoms with Crippen molar-refractivity contribution in [1.29, 1.82) is 5.26 Å². The number of aliphatic hydroxyl groups is 1. The van der Waals surface area contributed by atoms with E-state index in [1.807, 2.05) is 0 Å². The Labute approximate surface area is 214 Å². The van der Waals surface area contributed by atoms with E-state index in [0.29, 0.717) is 48.3 Å². The summed E-state index contributed by atoms with van der Waals surface area (Å²) in [4.78, 5) is 19.0. The molecule has 1 aromatic heterocycles. The molecule has 3 aromatic carbocycles. The third-order valence-corrected chi connectivity index (χ3v) is 8.11. The Bertz CT molecular complexity index is 1600. The van der Waals surface area contributed by atoms with Crippen molar-refractivity contribution in [3.63, 3.8) is 0 Å². The number of pyridine rings is 1. The zero-order valence-electron chi connectivity index (χ0n) is 19.8. The topological polar surface area (TPSA) is 123 Å². The van der Waals surface area contributed by atoms with Crippen molar-refractivity contribution >= 4 is 32.5 Å². The average molecular weight is 513 g/mol. The van der Waals surface area contributed by atoms with Crippen LogP contribution in [0.1, 0.15) is 34.3 Å². The molecule has 2 heterocycles. The van der Waals surface area contributed by atoms with Gasteiger partial charge in [-0.25, -0.2) is 8.42 Å². The van der Waals surface area contributed by atoms with E-state index >= 15 is 0 Å². The minimum absolute atomic E-state index is 0.0776. The summed E-state index contributed by atoms with van der Waals surface area (Å²) in [6.45, 7) is 0.746. The zero-order valence-corrected chi connectivity index (χ0v) is 20.6. The summed E-state index contributed by atoms with van der Waals surface area (Å²) < 4.78 is 28.6. The van der Waals surface area contributed by atoms with E-state index in [-0.39, 0.29) is 10.8 Å². The first kappa shape index (κ1) is 24.4. The van der Waals surface area contributed by atoms with Gasteiger partial charge in [0, 0.05) is 35.9 Å². The molecule has 4 aromatic rings. The second-order valence-electron chi connectivity index (χ2n) is 9.03. The lowest BCUT2D eigenvalue weighted by Crippen LogP contribution is -2.45. The van der Waals surface area contributed by atoms with Crippen molar-refractivity contribution in [3.8, 4) is 6.07 Å². The van der Waals surface area contributed by atoms with Crippen molar-refractivity contribution in [3.05, 3.63) is 102 Å². The molecular weight excluding hydrogens is 488 g/mol. The van der Waals surface area contributed by atoms with E-state index in [4.69, 9.17) is 5.26 Å². The Hall–Kier alpha value is -4.26. The van der Waals surface area contributed by atoms with Crippen molar-refractivity contribution < 1.29 is 18.3 Å². The van der Waals surface area contributed by atoms with E-state index in [0.717, 1.165) is 10.9 Å². The van der Waals surface area contributed by atoms with Crippen molar-refractivity contribution in [1.82, 2.24) is 9.88 Å². The number of nitrogens with zero attached hydrogens (tertiary/aromatic N) is 3. The maximum Gasteiger partial charge on any atom is 0.264 e. The molecule has 8 nitrogen and oxygen atoms in total. The molecule has 0 atom stereocenters. The van der Waals surface area contributed by atoms with Crippen LogP contribution in [0.25, 0.3) is 10.9 Å². The predicted octanol–water partition coefficient (Wildman–Crippen LogP) is 4.03. The van der Waals surface area contributed by atoms with Gasteiger partial charge in [0.05, 0.1) is 22.8 Å². The number of sulfonamides is 1. The van der Waals surface area contributed by atoms with E-state index in [1.165, 1.54) is 6.07 Å². The van der Waals surface area contributed by atoms with Gasteiger partial charge in [0.2, 0.25) is 0 Å². The zero-order chi connectivity index (χ0) is 26.0. The Morgan fingerprint density at radius 1 is 0.973 bits per heavy atom. The highest BCUT2D eigenvalue weighted by Crippen LogP contribution is 2.33. The summed E-state index contributed by atoms with van der Waals surface area (Å²) in [5.74, 6) is -0.186. The van der Waals surface area contributed by atoms with Gasteiger partial charge in [-0.05, 0) is 66.9 Å². The molecule has 1 saturated heterocycles. The Morgan fingerprint density at radius 3 is 2.32 bits per heavy atom. The summed E-state index contributed by atoms with van der Waals surface area (Å²) in [5, 5.41) is 20.8. The molecule has 186 valence electrons. The number of carbonyl (C=O) groups excluding carboxylic acids is 1. The molecule has 37 heavy (non-hydrogen) atoms. The lowest BCUT2D eigenvalue weighted by molar-refractivity contribution is -0.0211. The Morgan fingerprint density at radius 2 is 1.65 bits per heavy atom. The lowest BCUT2D eigenvalue weighted by atomic mass is 9.84. The van der Waals surface area contributed by atoms with Crippen LogP contribution >= 0.6 is 0 Å². The van der Waals surface area contributed by atoms with Crippen LogP contribution in [0.4, 0.5) is 5.69 Å². The number of fused-ring (bicyclic) bond motifs is 1. The summed E-state index contributed by atoms with van der Waals surface area (Å²) >= 11 is 0. The van der Waals surface area contributed by atoms with Crippen LogP contribution in [0.3, 0.4) is 0 Å². The fourth-order valence-corrected chi connectivity index (χ4v) is 5.83.